The molecule has 5 rings (SSSR count). The molecule has 3 atom stereocenters. The highest BCUT2D eigenvalue weighted by Crippen LogP contribution is 2.44. The Morgan fingerprint density at radius 1 is 1.17 bits per heavy atom. The number of aryl methyl sites for hydroxylation is 1. The van der Waals surface area contributed by atoms with Crippen molar-refractivity contribution in [1.29, 1.82) is 0 Å². The van der Waals surface area contributed by atoms with Crippen molar-refractivity contribution in [2.45, 2.75) is 13.0 Å². The molecule has 0 saturated carbocycles. The van der Waals surface area contributed by atoms with Crippen LogP contribution in [0.3, 0.4) is 0 Å². The highest BCUT2D eigenvalue weighted by atomic mass is 35.5. The van der Waals surface area contributed by atoms with Gasteiger partial charge in [-0.25, -0.2) is 0 Å². The fraction of sp³-hybridized carbons (Fsp3) is 0.364. The number of ether oxygens (including phenoxy) is 1. The van der Waals surface area contributed by atoms with E-state index in [0.717, 1.165) is 19.6 Å². The Bertz CT molecular complexity index is 964. The molecule has 2 aromatic carbocycles. The van der Waals surface area contributed by atoms with E-state index in [9.17, 15) is 9.59 Å². The monoisotopic (exact) mass is 413 g/mol. The van der Waals surface area contributed by atoms with E-state index in [0.29, 0.717) is 28.8 Å². The van der Waals surface area contributed by atoms with Gasteiger partial charge in [-0.05, 0) is 42.2 Å². The van der Waals surface area contributed by atoms with Crippen LogP contribution in [0, 0.1) is 18.8 Å². The predicted octanol–water partition coefficient (Wildman–Crippen LogP) is 2.78. The Morgan fingerprint density at radius 2 is 2.00 bits per heavy atom. The molecule has 2 fully saturated rings. The number of fused-ring (bicyclic) bond motifs is 2. The molecule has 6 nitrogen and oxygen atoms in total. The van der Waals surface area contributed by atoms with Crippen LogP contribution in [-0.2, 0) is 4.79 Å². The van der Waals surface area contributed by atoms with Crippen molar-refractivity contribution < 1.29 is 14.3 Å². The van der Waals surface area contributed by atoms with Crippen LogP contribution in [0.2, 0.25) is 0 Å². The lowest BCUT2D eigenvalue weighted by Crippen LogP contribution is -2.35. The number of nitrogens with one attached hydrogen (secondary N) is 2. The molecule has 2 N–H and O–H groups in total. The molecule has 0 radical (unpaired) electrons. The van der Waals surface area contributed by atoms with Crippen LogP contribution in [-0.4, -0.2) is 43.0 Å². The molecule has 0 bridgehead atoms. The van der Waals surface area contributed by atoms with Crippen LogP contribution < -0.4 is 15.4 Å². The van der Waals surface area contributed by atoms with Gasteiger partial charge in [-0.15, -0.1) is 12.4 Å². The van der Waals surface area contributed by atoms with Gasteiger partial charge in [-0.3, -0.25) is 9.59 Å². The van der Waals surface area contributed by atoms with Crippen molar-refractivity contribution in [3.8, 4) is 5.75 Å². The summed E-state index contributed by atoms with van der Waals surface area (Å²) < 4.78 is 5.50. The van der Waals surface area contributed by atoms with Crippen LogP contribution >= 0.6 is 12.4 Å². The number of amides is 2. The van der Waals surface area contributed by atoms with Gasteiger partial charge >= 0.3 is 0 Å². The highest BCUT2D eigenvalue weighted by molar-refractivity contribution is 5.99. The second kappa shape index (κ2) is 7.69. The number of hydrogen-bond donors (Lipinski definition) is 2. The zero-order valence-electron chi connectivity index (χ0n) is 16.2. The summed E-state index contributed by atoms with van der Waals surface area (Å²) in [6.07, 6.45) is 0. The van der Waals surface area contributed by atoms with Gasteiger partial charge in [0.1, 0.15) is 5.75 Å². The van der Waals surface area contributed by atoms with Crippen LogP contribution in [0.1, 0.15) is 27.5 Å². The van der Waals surface area contributed by atoms with Crippen molar-refractivity contribution >= 4 is 29.9 Å². The molecule has 0 aliphatic carbocycles. The number of rotatable bonds is 2. The second-order valence-corrected chi connectivity index (χ2v) is 7.89. The Kier molecular flexibility index (Phi) is 5.23. The van der Waals surface area contributed by atoms with E-state index in [1.807, 2.05) is 11.0 Å². The maximum atomic E-state index is 13.5. The number of anilines is 1. The van der Waals surface area contributed by atoms with Gasteiger partial charge in [0.25, 0.3) is 11.8 Å². The molecule has 3 aliphatic rings. The molecular formula is C22H24ClN3O3. The van der Waals surface area contributed by atoms with Crippen LogP contribution in [0.15, 0.2) is 42.5 Å². The van der Waals surface area contributed by atoms with Crippen molar-refractivity contribution in [3.63, 3.8) is 0 Å². The molecule has 2 amide bonds. The molecule has 7 heteroatoms. The Hall–Kier alpha value is -2.57. The number of benzene rings is 2. The van der Waals surface area contributed by atoms with Gasteiger partial charge in [-0.1, -0.05) is 24.3 Å². The molecular weight excluding hydrogens is 390 g/mol. The topological polar surface area (TPSA) is 70.7 Å². The minimum Gasteiger partial charge on any atom is -0.482 e. The van der Waals surface area contributed by atoms with E-state index in [4.69, 9.17) is 4.74 Å². The van der Waals surface area contributed by atoms with E-state index < -0.39 is 0 Å². The third-order valence-corrected chi connectivity index (χ3v) is 6.19. The summed E-state index contributed by atoms with van der Waals surface area (Å²) in [6.45, 7) is 4.74. The molecule has 0 spiro atoms. The summed E-state index contributed by atoms with van der Waals surface area (Å²) in [4.78, 5) is 27.0. The Labute approximate surface area is 176 Å². The highest BCUT2D eigenvalue weighted by Gasteiger charge is 2.47. The molecule has 152 valence electrons. The summed E-state index contributed by atoms with van der Waals surface area (Å²) >= 11 is 0. The first-order valence-electron chi connectivity index (χ1n) is 9.76. The van der Waals surface area contributed by atoms with Crippen molar-refractivity contribution in [1.82, 2.24) is 10.2 Å². The van der Waals surface area contributed by atoms with Gasteiger partial charge in [0.15, 0.2) is 6.61 Å². The van der Waals surface area contributed by atoms with Gasteiger partial charge in [0, 0.05) is 31.1 Å². The minimum atomic E-state index is -0.175. The number of carbonyl (C=O) groups excluding carboxylic acids is 2. The lowest BCUT2D eigenvalue weighted by Gasteiger charge is -2.30. The molecule has 0 unspecified atom stereocenters. The zero-order chi connectivity index (χ0) is 19.3. The van der Waals surface area contributed by atoms with Crippen LogP contribution in [0.4, 0.5) is 5.69 Å². The fourth-order valence-electron chi connectivity index (χ4n) is 4.82. The smallest absolute Gasteiger partial charge is 0.262 e. The SMILES string of the molecule is Cc1ccccc1[C@@H]1[C@H]2CNC[C@H]2CN1C(=O)c1ccc2c(c1)OCC(=O)N2.Cl. The normalized spacial score (nSPS) is 24.8. The summed E-state index contributed by atoms with van der Waals surface area (Å²) in [5.41, 5.74) is 3.66. The zero-order valence-corrected chi connectivity index (χ0v) is 17.0. The number of likely N-dealkylation sites (tertiary alicyclic amines) is 1. The fourth-order valence-corrected chi connectivity index (χ4v) is 4.82. The molecule has 2 aromatic rings. The van der Waals surface area contributed by atoms with Crippen molar-refractivity contribution in [2.75, 3.05) is 31.6 Å². The van der Waals surface area contributed by atoms with Crippen molar-refractivity contribution in [2.24, 2.45) is 11.8 Å². The third kappa shape index (κ3) is 3.36. The predicted molar refractivity (Wildman–Crippen MR) is 113 cm³/mol. The molecule has 0 aromatic heterocycles. The van der Waals surface area contributed by atoms with E-state index in [1.165, 1.54) is 11.1 Å². The Morgan fingerprint density at radius 3 is 2.83 bits per heavy atom. The van der Waals surface area contributed by atoms with Gasteiger partial charge < -0.3 is 20.3 Å². The summed E-state index contributed by atoms with van der Waals surface area (Å²) in [5.74, 6) is 1.30. The maximum absolute atomic E-state index is 13.5. The van der Waals surface area contributed by atoms with Gasteiger partial charge in [0.05, 0.1) is 11.7 Å². The molecule has 2 saturated heterocycles. The first kappa shape index (κ1) is 19.7. The lowest BCUT2D eigenvalue weighted by atomic mass is 9.87. The number of carbonyl (C=O) groups is 2. The van der Waals surface area contributed by atoms with E-state index in [-0.39, 0.29) is 36.9 Å². The number of halogens is 1. The molecule has 3 heterocycles. The van der Waals surface area contributed by atoms with Gasteiger partial charge in [0.2, 0.25) is 0 Å². The third-order valence-electron chi connectivity index (χ3n) is 6.19. The van der Waals surface area contributed by atoms with E-state index in [1.54, 1.807) is 18.2 Å². The van der Waals surface area contributed by atoms with Crippen molar-refractivity contribution in [3.05, 3.63) is 59.2 Å². The molecule has 29 heavy (non-hydrogen) atoms. The second-order valence-electron chi connectivity index (χ2n) is 7.89. The largest absolute Gasteiger partial charge is 0.482 e. The van der Waals surface area contributed by atoms with E-state index >= 15 is 0 Å². The summed E-state index contributed by atoms with van der Waals surface area (Å²) in [6, 6.07) is 13.7. The average molecular weight is 414 g/mol. The quantitative estimate of drug-likeness (QED) is 0.794. The summed E-state index contributed by atoms with van der Waals surface area (Å²) in [5, 5.41) is 6.26. The Balaban J connectivity index is 0.00000205. The average Bonchev–Trinajstić information content (AvgIpc) is 3.29. The summed E-state index contributed by atoms with van der Waals surface area (Å²) in [7, 11) is 0. The number of hydrogen-bond acceptors (Lipinski definition) is 4. The lowest BCUT2D eigenvalue weighted by molar-refractivity contribution is -0.118. The van der Waals surface area contributed by atoms with Crippen LogP contribution in [0.25, 0.3) is 0 Å². The van der Waals surface area contributed by atoms with E-state index in [2.05, 4.69) is 35.8 Å². The number of nitrogens with zero attached hydrogens (tertiary/aromatic N) is 1. The maximum Gasteiger partial charge on any atom is 0.262 e. The first-order valence-corrected chi connectivity index (χ1v) is 9.76. The first-order chi connectivity index (χ1) is 13.6. The molecule has 3 aliphatic heterocycles. The standard InChI is InChI=1S/C22H23N3O3.ClH/c1-13-4-2-3-5-16(13)21-17-10-23-9-15(17)11-25(21)22(27)14-6-7-18-19(8-14)28-12-20(26)24-18;/h2-8,15,17,21,23H,9-12H2,1H3,(H,24,26);1H/t15-,17-,21+;/m0./s1. The van der Waals surface area contributed by atoms with Crippen LogP contribution in [0.5, 0.6) is 5.75 Å². The minimum absolute atomic E-state index is 0. The van der Waals surface area contributed by atoms with Gasteiger partial charge in [-0.2, -0.15) is 0 Å².